The van der Waals surface area contributed by atoms with Crippen LogP contribution in [0, 0.1) is 0 Å². The highest BCUT2D eigenvalue weighted by atomic mass is 127. The van der Waals surface area contributed by atoms with E-state index < -0.39 is 19.8 Å². The summed E-state index contributed by atoms with van der Waals surface area (Å²) in [5.74, 6) is 0. The second-order valence-corrected chi connectivity index (χ2v) is 20.5. The topological polar surface area (TPSA) is 57.5 Å². The minimum atomic E-state index is -4.18. The highest BCUT2D eigenvalue weighted by Crippen LogP contribution is 2.79. The first kappa shape index (κ1) is 44.4. The van der Waals surface area contributed by atoms with E-state index in [2.05, 4.69) is 34.1 Å². The van der Waals surface area contributed by atoms with Crippen molar-refractivity contribution in [3.63, 3.8) is 0 Å². The van der Waals surface area contributed by atoms with Crippen LogP contribution in [0.25, 0.3) is 0 Å². The molecule has 250 valence electrons. The Hall–Kier alpha value is 1.31. The Balaban J connectivity index is 0. The van der Waals surface area contributed by atoms with Crippen LogP contribution in [0.5, 0.6) is 0 Å². The first-order chi connectivity index (χ1) is 19.2. The predicted octanol–water partition coefficient (Wildman–Crippen LogP) is 13.7. The van der Waals surface area contributed by atoms with E-state index in [4.69, 9.17) is 0 Å². The second kappa shape index (κ2) is 28.8. The molecule has 0 atom stereocenters. The summed E-state index contributed by atoms with van der Waals surface area (Å²) in [5, 5.41) is 0. The maximum Gasteiger partial charge on any atom is 0.368 e. The predicted molar refractivity (Wildman–Crippen MR) is 200 cm³/mol. The van der Waals surface area contributed by atoms with Gasteiger partial charge in [-0.05, 0) is 32.1 Å². The highest BCUT2D eigenvalue weighted by Gasteiger charge is 2.61. The van der Waals surface area contributed by atoms with Gasteiger partial charge in [-0.2, -0.15) is 0 Å². The van der Waals surface area contributed by atoms with Crippen molar-refractivity contribution < 1.29 is 14.4 Å². The molecule has 0 aromatic carbocycles. The summed E-state index contributed by atoms with van der Waals surface area (Å²) in [7, 11) is -5.93. The van der Waals surface area contributed by atoms with Crippen molar-refractivity contribution in [1.29, 1.82) is 0 Å². The van der Waals surface area contributed by atoms with E-state index in [9.17, 15) is 14.4 Å². The standard InChI is InChI=1S/C35H74O3P2.HI/c1-6-9-12-14-16-18-20-22-24-26-28-30-32-35(40(36,37)38,39(4,5)34-11-8-3)33-31-29-27-25-23-21-19-17-15-13-10-7-2;/h6-34H2,1-5H3,(H-,36,37,38);1H/p+1. The monoisotopic (exact) mass is 733 g/mol. The van der Waals surface area contributed by atoms with Crippen molar-refractivity contribution in [1.82, 2.24) is 0 Å². The van der Waals surface area contributed by atoms with Gasteiger partial charge in [-0.3, -0.25) is 4.57 Å². The summed E-state index contributed by atoms with van der Waals surface area (Å²) in [5.41, 5.74) is 0. The largest absolute Gasteiger partial charge is 0.368 e. The van der Waals surface area contributed by atoms with Crippen LogP contribution in [0.15, 0.2) is 0 Å². The second-order valence-electron chi connectivity index (χ2n) is 13.6. The van der Waals surface area contributed by atoms with Gasteiger partial charge < -0.3 is 9.79 Å². The van der Waals surface area contributed by atoms with E-state index in [0.29, 0.717) is 0 Å². The minimum Gasteiger partial charge on any atom is -0.321 e. The zero-order valence-electron chi connectivity index (χ0n) is 28.6. The smallest absolute Gasteiger partial charge is 0.321 e. The van der Waals surface area contributed by atoms with E-state index in [-0.39, 0.29) is 24.0 Å². The van der Waals surface area contributed by atoms with E-state index in [0.717, 1.165) is 57.5 Å². The summed E-state index contributed by atoms with van der Waals surface area (Å²) in [6.45, 7) is 11.3. The average Bonchev–Trinajstić information content (AvgIpc) is 2.91. The molecule has 0 unspecified atom stereocenters. The molecule has 0 saturated carbocycles. The molecule has 2 N–H and O–H groups in total. The third-order valence-corrected chi connectivity index (χ3v) is 17.7. The fourth-order valence-corrected chi connectivity index (χ4v) is 13.7. The summed E-state index contributed by atoms with van der Waals surface area (Å²) < 4.78 is 13.3. The Morgan fingerprint density at radius 3 is 0.951 bits per heavy atom. The Morgan fingerprint density at radius 2 is 0.707 bits per heavy atom. The lowest BCUT2D eigenvalue weighted by Gasteiger charge is -2.41. The van der Waals surface area contributed by atoms with Crippen molar-refractivity contribution in [2.24, 2.45) is 0 Å². The molecule has 3 nitrogen and oxygen atoms in total. The number of unbranched alkanes of at least 4 members (excludes halogenated alkanes) is 23. The number of hydrogen-bond acceptors (Lipinski definition) is 1. The summed E-state index contributed by atoms with van der Waals surface area (Å²) in [6, 6.07) is 0. The van der Waals surface area contributed by atoms with Crippen molar-refractivity contribution in [2.45, 2.75) is 205 Å². The maximum atomic E-state index is 13.3. The Labute approximate surface area is 276 Å². The van der Waals surface area contributed by atoms with Crippen molar-refractivity contribution in [2.75, 3.05) is 19.5 Å². The van der Waals surface area contributed by atoms with Crippen LogP contribution in [-0.2, 0) is 4.57 Å². The molecule has 41 heavy (non-hydrogen) atoms. The summed E-state index contributed by atoms with van der Waals surface area (Å²) in [4.78, 5) is 21.0. The van der Waals surface area contributed by atoms with Gasteiger partial charge in [0.15, 0.2) is 4.90 Å². The lowest BCUT2D eigenvalue weighted by atomic mass is 10.0. The lowest BCUT2D eigenvalue weighted by Crippen LogP contribution is -2.33. The molecular weight excluding hydrogens is 657 g/mol. The van der Waals surface area contributed by atoms with Crippen LogP contribution in [0.4, 0.5) is 0 Å². The highest BCUT2D eigenvalue weighted by molar-refractivity contribution is 14.0. The van der Waals surface area contributed by atoms with Crippen molar-refractivity contribution in [3.8, 4) is 0 Å². The van der Waals surface area contributed by atoms with Gasteiger partial charge in [0.2, 0.25) is 0 Å². The molecule has 0 rings (SSSR count). The van der Waals surface area contributed by atoms with Crippen LogP contribution in [0.3, 0.4) is 0 Å². The van der Waals surface area contributed by atoms with Gasteiger partial charge in [0.1, 0.15) is 0 Å². The number of rotatable bonds is 31. The van der Waals surface area contributed by atoms with E-state index >= 15 is 0 Å². The van der Waals surface area contributed by atoms with Gasteiger partial charge in [-0.15, -0.1) is 24.0 Å². The van der Waals surface area contributed by atoms with Gasteiger partial charge in [-0.1, -0.05) is 168 Å². The Kier molecular flexibility index (Phi) is 31.2. The van der Waals surface area contributed by atoms with Crippen LogP contribution in [0.1, 0.15) is 201 Å². The van der Waals surface area contributed by atoms with Crippen LogP contribution < -0.4 is 0 Å². The molecule has 0 amide bonds. The fraction of sp³-hybridized carbons (Fsp3) is 1.00. The van der Waals surface area contributed by atoms with Crippen molar-refractivity contribution >= 4 is 38.8 Å². The first-order valence-corrected chi connectivity index (χ1v) is 22.5. The Bertz CT molecular complexity index is 566. The van der Waals surface area contributed by atoms with E-state index in [1.165, 1.54) is 128 Å². The van der Waals surface area contributed by atoms with E-state index in [1.54, 1.807) is 0 Å². The van der Waals surface area contributed by atoms with Crippen LogP contribution in [-0.4, -0.2) is 34.2 Å². The molecular formula is C35H76IO3P2+. The third-order valence-electron chi connectivity index (χ3n) is 9.60. The molecule has 0 radical (unpaired) electrons. The van der Waals surface area contributed by atoms with Gasteiger partial charge in [0.05, 0.1) is 6.16 Å². The van der Waals surface area contributed by atoms with Gasteiger partial charge >= 0.3 is 7.60 Å². The average molecular weight is 734 g/mol. The SMILES string of the molecule is CCCCCCCCCCCCCCC(CCCCCCCCCCCCCC)(P(=O)(O)O)[P+](C)(C)CCCC.I. The maximum absolute atomic E-state index is 13.3. The molecule has 0 aromatic rings. The molecule has 0 bridgehead atoms. The van der Waals surface area contributed by atoms with Crippen molar-refractivity contribution in [3.05, 3.63) is 0 Å². The van der Waals surface area contributed by atoms with Gasteiger partial charge in [-0.25, -0.2) is 0 Å². The van der Waals surface area contributed by atoms with E-state index in [1.807, 2.05) is 0 Å². The molecule has 0 aromatic heterocycles. The lowest BCUT2D eigenvalue weighted by molar-refractivity contribution is 0.332. The number of hydrogen-bond donors (Lipinski definition) is 2. The molecule has 0 aliphatic heterocycles. The van der Waals surface area contributed by atoms with Gasteiger partial charge in [0.25, 0.3) is 0 Å². The molecule has 0 saturated heterocycles. The van der Waals surface area contributed by atoms with Crippen LogP contribution in [0.2, 0.25) is 0 Å². The zero-order chi connectivity index (χ0) is 30.0. The molecule has 6 heteroatoms. The molecule has 0 fully saturated rings. The quantitative estimate of drug-likeness (QED) is 0.0424. The summed E-state index contributed by atoms with van der Waals surface area (Å²) >= 11 is 0. The molecule has 0 aliphatic carbocycles. The molecule has 0 heterocycles. The normalized spacial score (nSPS) is 12.6. The fourth-order valence-electron chi connectivity index (χ4n) is 6.63. The first-order valence-electron chi connectivity index (χ1n) is 18.1. The summed E-state index contributed by atoms with van der Waals surface area (Å²) in [6.07, 6.45) is 35.8. The van der Waals surface area contributed by atoms with Gasteiger partial charge in [0, 0.05) is 20.6 Å². The molecule has 0 aliphatic rings. The third kappa shape index (κ3) is 21.6. The number of halogens is 1. The molecule has 0 spiro atoms. The minimum absolute atomic E-state index is 0. The van der Waals surface area contributed by atoms with Crippen LogP contribution >= 0.6 is 38.8 Å². The zero-order valence-corrected chi connectivity index (χ0v) is 32.7. The Morgan fingerprint density at radius 1 is 0.463 bits per heavy atom.